The quantitative estimate of drug-likeness (QED) is 0.891. The number of rotatable bonds is 5. The van der Waals surface area contributed by atoms with Crippen LogP contribution in [0.3, 0.4) is 0 Å². The van der Waals surface area contributed by atoms with Crippen LogP contribution in [0.4, 0.5) is 0 Å². The monoisotopic (exact) mass is 253 g/mol. The predicted octanol–water partition coefficient (Wildman–Crippen LogP) is 2.79. The molecular formula is C12H16ClN3O. The van der Waals surface area contributed by atoms with Crippen LogP contribution in [-0.2, 0) is 6.54 Å². The van der Waals surface area contributed by atoms with E-state index in [0.29, 0.717) is 5.02 Å². The first-order valence-corrected chi connectivity index (χ1v) is 6.01. The fourth-order valence-corrected chi connectivity index (χ4v) is 1.79. The molecule has 0 aliphatic rings. The van der Waals surface area contributed by atoms with Gasteiger partial charge in [-0.2, -0.15) is 5.10 Å². The summed E-state index contributed by atoms with van der Waals surface area (Å²) in [5.41, 5.74) is 0.866. The van der Waals surface area contributed by atoms with Crippen LogP contribution in [0.15, 0.2) is 29.0 Å². The Balaban J connectivity index is 1.80. The molecule has 17 heavy (non-hydrogen) atoms. The van der Waals surface area contributed by atoms with Crippen LogP contribution >= 0.6 is 11.6 Å². The van der Waals surface area contributed by atoms with Crippen molar-refractivity contribution in [3.05, 3.63) is 41.1 Å². The van der Waals surface area contributed by atoms with E-state index >= 15 is 0 Å². The third kappa shape index (κ3) is 3.11. The summed E-state index contributed by atoms with van der Waals surface area (Å²) in [7, 11) is 0. The van der Waals surface area contributed by atoms with Crippen molar-refractivity contribution in [1.29, 1.82) is 0 Å². The van der Waals surface area contributed by atoms with Crippen molar-refractivity contribution < 1.29 is 4.42 Å². The number of nitrogens with one attached hydrogen (secondary N) is 1. The van der Waals surface area contributed by atoms with Crippen LogP contribution in [0.25, 0.3) is 0 Å². The summed E-state index contributed by atoms with van der Waals surface area (Å²) in [5.74, 6) is 0.944. The molecule has 0 saturated carbocycles. The second-order valence-corrected chi connectivity index (χ2v) is 4.42. The van der Waals surface area contributed by atoms with Crippen LogP contribution in [0.1, 0.15) is 24.4 Å². The molecule has 0 bridgehead atoms. The van der Waals surface area contributed by atoms with Crippen molar-refractivity contribution in [3.63, 3.8) is 0 Å². The zero-order valence-corrected chi connectivity index (χ0v) is 10.7. The normalized spacial score (nSPS) is 12.9. The van der Waals surface area contributed by atoms with Gasteiger partial charge in [0.25, 0.3) is 0 Å². The van der Waals surface area contributed by atoms with Crippen LogP contribution in [0.5, 0.6) is 0 Å². The molecule has 0 fully saturated rings. The second kappa shape index (κ2) is 5.38. The highest BCUT2D eigenvalue weighted by Gasteiger charge is 2.07. The predicted molar refractivity (Wildman–Crippen MR) is 67.1 cm³/mol. The van der Waals surface area contributed by atoms with Gasteiger partial charge in [0.15, 0.2) is 0 Å². The Kier molecular flexibility index (Phi) is 3.86. The van der Waals surface area contributed by atoms with Crippen molar-refractivity contribution in [1.82, 2.24) is 15.1 Å². The standard InChI is InChI=1S/C12H16ClN3O/c1-9-11(13)8-16(15-9)6-5-14-10(2)12-4-3-7-17-12/h3-4,7-8,10,14H,5-6H2,1-2H3. The zero-order valence-electron chi connectivity index (χ0n) is 9.98. The van der Waals surface area contributed by atoms with E-state index in [0.717, 1.165) is 24.5 Å². The Morgan fingerprint density at radius 2 is 2.41 bits per heavy atom. The topological polar surface area (TPSA) is 43.0 Å². The number of halogens is 1. The van der Waals surface area contributed by atoms with Crippen LogP contribution in [-0.4, -0.2) is 16.3 Å². The maximum absolute atomic E-state index is 5.93. The fourth-order valence-electron chi connectivity index (χ4n) is 1.64. The molecule has 2 heterocycles. The van der Waals surface area contributed by atoms with Gasteiger partial charge in [-0.15, -0.1) is 0 Å². The van der Waals surface area contributed by atoms with E-state index in [1.54, 1.807) is 6.26 Å². The first-order chi connectivity index (χ1) is 8.16. The molecule has 0 aromatic carbocycles. The van der Waals surface area contributed by atoms with Gasteiger partial charge in [-0.3, -0.25) is 4.68 Å². The Hall–Kier alpha value is -1.26. The van der Waals surface area contributed by atoms with Gasteiger partial charge in [0.1, 0.15) is 5.76 Å². The number of furan rings is 1. The lowest BCUT2D eigenvalue weighted by atomic mass is 10.2. The van der Waals surface area contributed by atoms with Gasteiger partial charge < -0.3 is 9.73 Å². The molecule has 92 valence electrons. The number of hydrogen-bond acceptors (Lipinski definition) is 3. The minimum atomic E-state index is 0.206. The molecule has 2 rings (SSSR count). The molecule has 5 heteroatoms. The van der Waals surface area contributed by atoms with E-state index in [4.69, 9.17) is 16.0 Å². The van der Waals surface area contributed by atoms with Gasteiger partial charge in [-0.05, 0) is 26.0 Å². The number of nitrogens with zero attached hydrogens (tertiary/aromatic N) is 2. The Morgan fingerprint density at radius 3 is 3.00 bits per heavy atom. The van der Waals surface area contributed by atoms with Gasteiger partial charge in [-0.25, -0.2) is 0 Å². The van der Waals surface area contributed by atoms with E-state index in [1.807, 2.05) is 29.9 Å². The summed E-state index contributed by atoms with van der Waals surface area (Å²) in [5, 5.41) is 8.37. The molecule has 0 spiro atoms. The van der Waals surface area contributed by atoms with Crippen molar-refractivity contribution in [2.45, 2.75) is 26.4 Å². The summed E-state index contributed by atoms with van der Waals surface area (Å²) in [6.45, 7) is 5.58. The molecule has 0 radical (unpaired) electrons. The lowest BCUT2D eigenvalue weighted by Gasteiger charge is -2.10. The molecule has 0 saturated heterocycles. The van der Waals surface area contributed by atoms with E-state index in [-0.39, 0.29) is 6.04 Å². The fraction of sp³-hybridized carbons (Fsp3) is 0.417. The third-order valence-corrected chi connectivity index (χ3v) is 3.02. The van der Waals surface area contributed by atoms with Crippen LogP contribution < -0.4 is 5.32 Å². The molecule has 0 aliphatic carbocycles. The average Bonchev–Trinajstić information content (AvgIpc) is 2.90. The van der Waals surface area contributed by atoms with Gasteiger partial charge >= 0.3 is 0 Å². The summed E-state index contributed by atoms with van der Waals surface area (Å²) < 4.78 is 7.16. The van der Waals surface area contributed by atoms with Crippen LogP contribution in [0.2, 0.25) is 5.02 Å². The molecule has 0 aliphatic heterocycles. The van der Waals surface area contributed by atoms with Crippen LogP contribution in [0, 0.1) is 6.92 Å². The van der Waals surface area contributed by atoms with Crippen molar-refractivity contribution in [3.8, 4) is 0 Å². The van der Waals surface area contributed by atoms with Crippen molar-refractivity contribution in [2.24, 2.45) is 0 Å². The van der Waals surface area contributed by atoms with Crippen molar-refractivity contribution >= 4 is 11.6 Å². The molecule has 1 N–H and O–H groups in total. The molecule has 2 aromatic heterocycles. The van der Waals surface area contributed by atoms with E-state index < -0.39 is 0 Å². The highest BCUT2D eigenvalue weighted by Crippen LogP contribution is 2.13. The highest BCUT2D eigenvalue weighted by atomic mass is 35.5. The third-order valence-electron chi connectivity index (χ3n) is 2.65. The smallest absolute Gasteiger partial charge is 0.120 e. The second-order valence-electron chi connectivity index (χ2n) is 4.02. The SMILES string of the molecule is Cc1nn(CCNC(C)c2ccco2)cc1Cl. The minimum Gasteiger partial charge on any atom is -0.468 e. The molecule has 1 atom stereocenters. The lowest BCUT2D eigenvalue weighted by Crippen LogP contribution is -2.23. The summed E-state index contributed by atoms with van der Waals surface area (Å²) >= 11 is 5.93. The molecule has 4 nitrogen and oxygen atoms in total. The van der Waals surface area contributed by atoms with Gasteiger partial charge in [0.05, 0.1) is 29.6 Å². The van der Waals surface area contributed by atoms with Gasteiger partial charge in [-0.1, -0.05) is 11.6 Å². The number of hydrogen-bond donors (Lipinski definition) is 1. The summed E-state index contributed by atoms with van der Waals surface area (Å²) in [4.78, 5) is 0. The van der Waals surface area contributed by atoms with E-state index in [1.165, 1.54) is 0 Å². The Bertz CT molecular complexity index is 445. The highest BCUT2D eigenvalue weighted by molar-refractivity contribution is 6.31. The molecular weight excluding hydrogens is 238 g/mol. The molecule has 0 amide bonds. The van der Waals surface area contributed by atoms with Gasteiger partial charge in [0, 0.05) is 12.7 Å². The van der Waals surface area contributed by atoms with Crippen molar-refractivity contribution in [2.75, 3.05) is 6.54 Å². The number of aryl methyl sites for hydroxylation is 1. The average molecular weight is 254 g/mol. The maximum Gasteiger partial charge on any atom is 0.120 e. The Labute approximate surface area is 106 Å². The summed E-state index contributed by atoms with van der Waals surface area (Å²) in [6.07, 6.45) is 3.53. The zero-order chi connectivity index (χ0) is 12.3. The molecule has 2 aromatic rings. The maximum atomic E-state index is 5.93. The largest absolute Gasteiger partial charge is 0.468 e. The molecule has 1 unspecified atom stereocenters. The summed E-state index contributed by atoms with van der Waals surface area (Å²) in [6, 6.07) is 4.06. The van der Waals surface area contributed by atoms with Gasteiger partial charge in [0.2, 0.25) is 0 Å². The first kappa shape index (κ1) is 12.2. The number of aromatic nitrogens is 2. The first-order valence-electron chi connectivity index (χ1n) is 5.63. The minimum absolute atomic E-state index is 0.206. The lowest BCUT2D eigenvalue weighted by molar-refractivity contribution is 0.418. The van der Waals surface area contributed by atoms with E-state index in [2.05, 4.69) is 17.3 Å². The Morgan fingerprint density at radius 1 is 1.59 bits per heavy atom. The van der Waals surface area contributed by atoms with E-state index in [9.17, 15) is 0 Å².